The molecule has 4 heteroatoms. The van der Waals surface area contributed by atoms with E-state index in [1.807, 2.05) is 0 Å². The molecule has 0 aliphatic carbocycles. The maximum Gasteiger partial charge on any atom is 0.0894 e. The van der Waals surface area contributed by atoms with E-state index in [1.165, 1.54) is 11.1 Å². The van der Waals surface area contributed by atoms with E-state index < -0.39 is 0 Å². The highest BCUT2D eigenvalue weighted by atomic mass is 79.9. The van der Waals surface area contributed by atoms with Crippen LogP contribution in [0.1, 0.15) is 17.2 Å². The van der Waals surface area contributed by atoms with Gasteiger partial charge in [-0.2, -0.15) is 0 Å². The highest BCUT2D eigenvalue weighted by Gasteiger charge is 2.30. The number of likely N-dealkylation sites (N-methyl/N-ethyl adjacent to an activating group) is 1. The van der Waals surface area contributed by atoms with E-state index in [4.69, 9.17) is 10.5 Å². The molecule has 1 aromatic carbocycles. The van der Waals surface area contributed by atoms with Gasteiger partial charge in [0.15, 0.2) is 0 Å². The molecule has 0 saturated carbocycles. The summed E-state index contributed by atoms with van der Waals surface area (Å²) in [4.78, 5) is 2.32. The Morgan fingerprint density at radius 3 is 2.94 bits per heavy atom. The number of hydrogen-bond donors (Lipinski definition) is 1. The van der Waals surface area contributed by atoms with Gasteiger partial charge in [-0.25, -0.2) is 0 Å². The van der Waals surface area contributed by atoms with Crippen molar-refractivity contribution in [2.75, 3.05) is 26.7 Å². The monoisotopic (exact) mass is 298 g/mol. The lowest BCUT2D eigenvalue weighted by Gasteiger charge is -2.39. The van der Waals surface area contributed by atoms with E-state index in [1.54, 1.807) is 0 Å². The van der Waals surface area contributed by atoms with Gasteiger partial charge >= 0.3 is 0 Å². The van der Waals surface area contributed by atoms with Crippen LogP contribution in [0.2, 0.25) is 0 Å². The molecule has 2 atom stereocenters. The molecule has 94 valence electrons. The molecule has 0 spiro atoms. The molecule has 2 N–H and O–H groups in total. The van der Waals surface area contributed by atoms with Crippen molar-refractivity contribution in [2.45, 2.75) is 19.1 Å². The molecule has 2 rings (SSSR count). The van der Waals surface area contributed by atoms with Crippen LogP contribution in [0.15, 0.2) is 22.7 Å². The van der Waals surface area contributed by atoms with Gasteiger partial charge in [0, 0.05) is 17.6 Å². The number of nitrogens with zero attached hydrogens (tertiary/aromatic N) is 1. The average molecular weight is 299 g/mol. The van der Waals surface area contributed by atoms with Gasteiger partial charge in [-0.05, 0) is 31.2 Å². The van der Waals surface area contributed by atoms with Crippen molar-refractivity contribution < 1.29 is 4.74 Å². The van der Waals surface area contributed by atoms with Crippen molar-refractivity contribution in [3.63, 3.8) is 0 Å². The first-order chi connectivity index (χ1) is 8.13. The van der Waals surface area contributed by atoms with E-state index in [-0.39, 0.29) is 12.1 Å². The second-order valence-electron chi connectivity index (χ2n) is 4.58. The van der Waals surface area contributed by atoms with E-state index >= 15 is 0 Å². The predicted octanol–water partition coefficient (Wildman–Crippen LogP) is 2.09. The molecule has 0 radical (unpaired) electrons. The average Bonchev–Trinajstić information content (AvgIpc) is 2.32. The third-order valence-corrected chi connectivity index (χ3v) is 4.25. The van der Waals surface area contributed by atoms with Crippen LogP contribution in [-0.2, 0) is 4.74 Å². The molecule has 3 nitrogen and oxygen atoms in total. The van der Waals surface area contributed by atoms with Crippen LogP contribution in [0.4, 0.5) is 0 Å². The summed E-state index contributed by atoms with van der Waals surface area (Å²) >= 11 is 3.53. The van der Waals surface area contributed by atoms with Crippen LogP contribution in [0.3, 0.4) is 0 Å². The first-order valence-electron chi connectivity index (χ1n) is 5.91. The van der Waals surface area contributed by atoms with E-state index in [2.05, 4.69) is 53.0 Å². The lowest BCUT2D eigenvalue weighted by atomic mass is 9.97. The van der Waals surface area contributed by atoms with Crippen molar-refractivity contribution in [1.29, 1.82) is 0 Å². The normalized spacial score (nSPS) is 26.1. The highest BCUT2D eigenvalue weighted by molar-refractivity contribution is 9.10. The third kappa shape index (κ3) is 2.71. The Bertz CT molecular complexity index is 397. The molecule has 1 heterocycles. The molecule has 0 aromatic heterocycles. The van der Waals surface area contributed by atoms with Gasteiger partial charge in [-0.15, -0.1) is 0 Å². The van der Waals surface area contributed by atoms with Gasteiger partial charge in [0.25, 0.3) is 0 Å². The number of hydrogen-bond acceptors (Lipinski definition) is 3. The van der Waals surface area contributed by atoms with Crippen LogP contribution >= 0.6 is 15.9 Å². The van der Waals surface area contributed by atoms with Crippen molar-refractivity contribution in [1.82, 2.24) is 4.90 Å². The molecular formula is C13H19BrN2O. The third-order valence-electron chi connectivity index (χ3n) is 3.36. The zero-order chi connectivity index (χ0) is 12.4. The van der Waals surface area contributed by atoms with Crippen LogP contribution < -0.4 is 5.73 Å². The lowest BCUT2D eigenvalue weighted by molar-refractivity contribution is -0.0576. The summed E-state index contributed by atoms with van der Waals surface area (Å²) in [7, 11) is 2.13. The van der Waals surface area contributed by atoms with Crippen molar-refractivity contribution in [3.8, 4) is 0 Å². The predicted molar refractivity (Wildman–Crippen MR) is 73.0 cm³/mol. The number of ether oxygens (including phenoxy) is 1. The van der Waals surface area contributed by atoms with E-state index in [9.17, 15) is 0 Å². The fourth-order valence-electron chi connectivity index (χ4n) is 2.38. The summed E-state index contributed by atoms with van der Waals surface area (Å²) in [6, 6.07) is 6.72. The van der Waals surface area contributed by atoms with Crippen LogP contribution in [0.25, 0.3) is 0 Å². The minimum Gasteiger partial charge on any atom is -0.374 e. The van der Waals surface area contributed by atoms with Gasteiger partial charge in [0.2, 0.25) is 0 Å². The molecule has 0 bridgehead atoms. The van der Waals surface area contributed by atoms with Crippen LogP contribution in [0.5, 0.6) is 0 Å². The smallest absolute Gasteiger partial charge is 0.0894 e. The first-order valence-corrected chi connectivity index (χ1v) is 6.70. The van der Waals surface area contributed by atoms with Crippen molar-refractivity contribution >= 4 is 15.9 Å². The maximum absolute atomic E-state index is 5.80. The number of morpholine rings is 1. The molecule has 1 saturated heterocycles. The zero-order valence-electron chi connectivity index (χ0n) is 10.3. The number of aryl methyl sites for hydroxylation is 1. The Hall–Kier alpha value is -0.420. The summed E-state index contributed by atoms with van der Waals surface area (Å²) in [5.74, 6) is 0. The molecule has 0 amide bonds. The maximum atomic E-state index is 5.80. The standard InChI is InChI=1S/C13H19BrN2O/c1-9-7-10(3-4-11(9)14)13-12(8-15)17-6-5-16(13)2/h3-4,7,12-13H,5-6,8,15H2,1-2H3. The SMILES string of the molecule is Cc1cc(C2C(CN)OCCN2C)ccc1Br. The molecule has 1 aliphatic rings. The first kappa shape index (κ1) is 13.0. The minimum absolute atomic E-state index is 0.0920. The topological polar surface area (TPSA) is 38.5 Å². The van der Waals surface area contributed by atoms with Gasteiger partial charge < -0.3 is 10.5 Å². The van der Waals surface area contributed by atoms with Gasteiger partial charge in [0.1, 0.15) is 0 Å². The van der Waals surface area contributed by atoms with Gasteiger partial charge in [-0.1, -0.05) is 28.1 Å². The van der Waals surface area contributed by atoms with E-state index in [0.717, 1.165) is 17.6 Å². The van der Waals surface area contributed by atoms with Gasteiger partial charge in [0.05, 0.1) is 18.8 Å². The molecular weight excluding hydrogens is 280 g/mol. The molecule has 1 fully saturated rings. The minimum atomic E-state index is 0.0920. The summed E-state index contributed by atoms with van der Waals surface area (Å²) < 4.78 is 6.90. The highest BCUT2D eigenvalue weighted by Crippen LogP contribution is 2.30. The Labute approximate surface area is 111 Å². The molecule has 1 aromatic rings. The van der Waals surface area contributed by atoms with Crippen molar-refractivity contribution in [3.05, 3.63) is 33.8 Å². The van der Waals surface area contributed by atoms with Gasteiger partial charge in [-0.3, -0.25) is 4.90 Å². The molecule has 2 unspecified atom stereocenters. The summed E-state index contributed by atoms with van der Waals surface area (Å²) in [5, 5.41) is 0. The van der Waals surface area contributed by atoms with Crippen LogP contribution in [0, 0.1) is 6.92 Å². The number of rotatable bonds is 2. The fraction of sp³-hybridized carbons (Fsp3) is 0.538. The largest absolute Gasteiger partial charge is 0.374 e. The number of halogens is 1. The second kappa shape index (κ2) is 5.48. The Kier molecular flexibility index (Phi) is 4.20. The van der Waals surface area contributed by atoms with Crippen LogP contribution in [-0.4, -0.2) is 37.7 Å². The Morgan fingerprint density at radius 2 is 2.29 bits per heavy atom. The summed E-state index contributed by atoms with van der Waals surface area (Å²) in [6.07, 6.45) is 0.0920. The Morgan fingerprint density at radius 1 is 1.53 bits per heavy atom. The quantitative estimate of drug-likeness (QED) is 0.909. The second-order valence-corrected chi connectivity index (χ2v) is 5.43. The van der Waals surface area contributed by atoms with Crippen molar-refractivity contribution in [2.24, 2.45) is 5.73 Å². The summed E-state index contributed by atoms with van der Waals surface area (Å²) in [5.41, 5.74) is 8.33. The Balaban J connectivity index is 2.31. The number of benzene rings is 1. The molecule has 1 aliphatic heterocycles. The zero-order valence-corrected chi connectivity index (χ0v) is 11.9. The fourth-order valence-corrected chi connectivity index (χ4v) is 2.63. The van der Waals surface area contributed by atoms with E-state index in [0.29, 0.717) is 6.54 Å². The lowest BCUT2D eigenvalue weighted by Crippen LogP contribution is -2.46. The molecule has 17 heavy (non-hydrogen) atoms. The summed E-state index contributed by atoms with van der Waals surface area (Å²) in [6.45, 7) is 4.39. The number of nitrogens with two attached hydrogens (primary N) is 1.